The number of benzene rings is 1. The van der Waals surface area contributed by atoms with Crippen LogP contribution >= 0.6 is 0 Å². The molecule has 1 aromatic rings. The van der Waals surface area contributed by atoms with Crippen LogP contribution in [0.2, 0.25) is 0 Å². The summed E-state index contributed by atoms with van der Waals surface area (Å²) in [5, 5.41) is 8.81. The lowest BCUT2D eigenvalue weighted by atomic mass is 9.85. The molecular weight excluding hydrogens is 231 g/mol. The van der Waals surface area contributed by atoms with Crippen LogP contribution in [-0.2, 0) is 5.41 Å². The van der Waals surface area contributed by atoms with E-state index in [2.05, 4.69) is 4.74 Å². The van der Waals surface area contributed by atoms with E-state index in [4.69, 9.17) is 5.26 Å². The van der Waals surface area contributed by atoms with Gasteiger partial charge in [-0.2, -0.15) is 5.26 Å². The van der Waals surface area contributed by atoms with Gasteiger partial charge in [0.25, 0.3) is 0 Å². The summed E-state index contributed by atoms with van der Waals surface area (Å²) in [6.07, 6.45) is -4.80. The molecule has 0 unspecified atom stereocenters. The summed E-state index contributed by atoms with van der Waals surface area (Å²) in [5.74, 6) is -0.407. The highest BCUT2D eigenvalue weighted by Gasteiger charge is 2.35. The van der Waals surface area contributed by atoms with Crippen LogP contribution in [-0.4, -0.2) is 6.36 Å². The van der Waals surface area contributed by atoms with Crippen molar-refractivity contribution in [2.75, 3.05) is 0 Å². The lowest BCUT2D eigenvalue weighted by Gasteiger charge is -2.23. The number of alkyl halides is 3. The van der Waals surface area contributed by atoms with E-state index in [0.29, 0.717) is 5.56 Å². The molecule has 0 saturated heterocycles. The lowest BCUT2D eigenvalue weighted by Crippen LogP contribution is -2.22. The molecule has 0 aliphatic carbocycles. The molecule has 0 saturated carbocycles. The fourth-order valence-electron chi connectivity index (χ4n) is 1.44. The van der Waals surface area contributed by atoms with Crippen LogP contribution in [0, 0.1) is 11.3 Å². The molecule has 5 heteroatoms. The van der Waals surface area contributed by atoms with E-state index >= 15 is 0 Å². The Labute approximate surface area is 97.6 Å². The molecule has 0 heterocycles. The molecule has 92 valence electrons. The number of hydrogen-bond donors (Lipinski definition) is 0. The Bertz CT molecular complexity index is 452. The van der Waals surface area contributed by atoms with Gasteiger partial charge < -0.3 is 4.74 Å². The first kappa shape index (κ1) is 13.4. The molecule has 2 nitrogen and oxygen atoms in total. The number of nitrogens with zero attached hydrogens (tertiary/aromatic N) is 1. The van der Waals surface area contributed by atoms with Crippen LogP contribution in [0.25, 0.3) is 0 Å². The number of nitriles is 1. The maximum atomic E-state index is 12.3. The molecule has 1 aromatic carbocycles. The highest BCUT2D eigenvalue weighted by Crippen LogP contribution is 2.36. The number of ether oxygens (including phenoxy) is 1. The van der Waals surface area contributed by atoms with Crippen molar-refractivity contribution >= 4 is 0 Å². The summed E-state index contributed by atoms with van der Waals surface area (Å²) in [5.41, 5.74) is -0.295. The van der Waals surface area contributed by atoms with Gasteiger partial charge in [0.05, 0.1) is 5.56 Å². The third kappa shape index (κ3) is 3.38. The van der Waals surface area contributed by atoms with Gasteiger partial charge in [-0.15, -0.1) is 13.2 Å². The molecule has 17 heavy (non-hydrogen) atoms. The topological polar surface area (TPSA) is 33.0 Å². The Morgan fingerprint density at radius 1 is 1.18 bits per heavy atom. The summed E-state index contributed by atoms with van der Waals surface area (Å²) in [6, 6.07) is 6.08. The van der Waals surface area contributed by atoms with Crippen molar-refractivity contribution in [2.24, 2.45) is 0 Å². The third-order valence-corrected chi connectivity index (χ3v) is 2.16. The van der Waals surface area contributed by atoms with Crippen molar-refractivity contribution in [3.05, 3.63) is 29.3 Å². The van der Waals surface area contributed by atoms with E-state index in [1.807, 2.05) is 0 Å². The first-order valence-corrected chi connectivity index (χ1v) is 4.94. The van der Waals surface area contributed by atoms with Crippen LogP contribution in [0.15, 0.2) is 18.2 Å². The molecule has 0 N–H and O–H groups in total. The minimum absolute atomic E-state index is 0.116. The Morgan fingerprint density at radius 2 is 1.76 bits per heavy atom. The predicted molar refractivity (Wildman–Crippen MR) is 56.5 cm³/mol. The monoisotopic (exact) mass is 243 g/mol. The molecule has 0 bridgehead atoms. The van der Waals surface area contributed by atoms with Crippen molar-refractivity contribution in [3.8, 4) is 11.8 Å². The first-order chi connectivity index (χ1) is 7.65. The first-order valence-electron chi connectivity index (χ1n) is 4.94. The Morgan fingerprint density at radius 3 is 2.18 bits per heavy atom. The average molecular weight is 243 g/mol. The highest BCUT2D eigenvalue weighted by atomic mass is 19.4. The normalized spacial score (nSPS) is 12.1. The van der Waals surface area contributed by atoms with Gasteiger partial charge in [-0.1, -0.05) is 32.9 Å². The lowest BCUT2D eigenvalue weighted by molar-refractivity contribution is -0.275. The van der Waals surface area contributed by atoms with Gasteiger partial charge >= 0.3 is 6.36 Å². The number of hydrogen-bond acceptors (Lipinski definition) is 2. The van der Waals surface area contributed by atoms with Gasteiger partial charge in [0.2, 0.25) is 0 Å². The standard InChI is InChI=1S/C12H12F3NO/c1-11(2,3)9-6-4-5-8(7-16)10(9)17-12(13,14)15/h4-6H,1-3H3. The smallest absolute Gasteiger partial charge is 0.404 e. The molecule has 0 aliphatic rings. The minimum atomic E-state index is -4.80. The number of para-hydroxylation sites is 1. The minimum Gasteiger partial charge on any atom is -0.404 e. The fourth-order valence-corrected chi connectivity index (χ4v) is 1.44. The van der Waals surface area contributed by atoms with E-state index in [1.165, 1.54) is 12.1 Å². The molecule has 0 fully saturated rings. The van der Waals surface area contributed by atoms with E-state index in [9.17, 15) is 13.2 Å². The molecule has 0 aliphatic heterocycles. The molecular formula is C12H12F3NO. The Hall–Kier alpha value is -1.70. The van der Waals surface area contributed by atoms with Gasteiger partial charge in [0.1, 0.15) is 6.07 Å². The van der Waals surface area contributed by atoms with Crippen LogP contribution in [0.3, 0.4) is 0 Å². The Balaban J connectivity index is 3.38. The Kier molecular flexibility index (Phi) is 3.37. The van der Waals surface area contributed by atoms with E-state index < -0.39 is 17.5 Å². The van der Waals surface area contributed by atoms with E-state index in [-0.39, 0.29) is 5.56 Å². The van der Waals surface area contributed by atoms with Crippen LogP contribution in [0.4, 0.5) is 13.2 Å². The van der Waals surface area contributed by atoms with Gasteiger partial charge in [-0.25, -0.2) is 0 Å². The summed E-state index contributed by atoms with van der Waals surface area (Å²) >= 11 is 0. The average Bonchev–Trinajstić information content (AvgIpc) is 2.13. The fraction of sp³-hybridized carbons (Fsp3) is 0.417. The van der Waals surface area contributed by atoms with Gasteiger partial charge in [0.15, 0.2) is 5.75 Å². The summed E-state index contributed by atoms with van der Waals surface area (Å²) in [4.78, 5) is 0. The zero-order valence-corrected chi connectivity index (χ0v) is 9.72. The molecule has 1 rings (SSSR count). The quantitative estimate of drug-likeness (QED) is 0.752. The van der Waals surface area contributed by atoms with E-state index in [0.717, 1.165) is 0 Å². The molecule has 0 amide bonds. The molecule has 0 aromatic heterocycles. The third-order valence-electron chi connectivity index (χ3n) is 2.16. The second kappa shape index (κ2) is 4.28. The van der Waals surface area contributed by atoms with Crippen molar-refractivity contribution in [3.63, 3.8) is 0 Å². The van der Waals surface area contributed by atoms with Crippen LogP contribution in [0.1, 0.15) is 31.9 Å². The highest BCUT2D eigenvalue weighted by molar-refractivity contribution is 5.51. The van der Waals surface area contributed by atoms with Crippen molar-refractivity contribution in [1.29, 1.82) is 5.26 Å². The van der Waals surface area contributed by atoms with Gasteiger partial charge in [-0.05, 0) is 11.5 Å². The largest absolute Gasteiger partial charge is 0.573 e. The zero-order valence-electron chi connectivity index (χ0n) is 9.72. The zero-order chi connectivity index (χ0) is 13.3. The molecule has 0 spiro atoms. The van der Waals surface area contributed by atoms with Crippen LogP contribution < -0.4 is 4.74 Å². The predicted octanol–water partition coefficient (Wildman–Crippen LogP) is 3.75. The maximum absolute atomic E-state index is 12.3. The number of rotatable bonds is 1. The summed E-state index contributed by atoms with van der Waals surface area (Å²) in [7, 11) is 0. The number of halogens is 3. The maximum Gasteiger partial charge on any atom is 0.573 e. The van der Waals surface area contributed by atoms with Crippen molar-refractivity contribution in [1.82, 2.24) is 0 Å². The second-order valence-electron chi connectivity index (χ2n) is 4.59. The van der Waals surface area contributed by atoms with Crippen LogP contribution in [0.5, 0.6) is 5.75 Å². The van der Waals surface area contributed by atoms with Crippen molar-refractivity contribution < 1.29 is 17.9 Å². The van der Waals surface area contributed by atoms with Gasteiger partial charge in [-0.3, -0.25) is 0 Å². The van der Waals surface area contributed by atoms with Crippen molar-refractivity contribution in [2.45, 2.75) is 32.5 Å². The summed E-state index contributed by atoms with van der Waals surface area (Å²) < 4.78 is 40.8. The summed E-state index contributed by atoms with van der Waals surface area (Å²) in [6.45, 7) is 5.27. The van der Waals surface area contributed by atoms with E-state index in [1.54, 1.807) is 32.9 Å². The second-order valence-corrected chi connectivity index (χ2v) is 4.59. The SMILES string of the molecule is CC(C)(C)c1cccc(C#N)c1OC(F)(F)F. The van der Waals surface area contributed by atoms with Gasteiger partial charge in [0, 0.05) is 5.56 Å². The molecule has 0 radical (unpaired) electrons. The molecule has 0 atom stereocenters.